The van der Waals surface area contributed by atoms with Gasteiger partial charge in [0.1, 0.15) is 0 Å². The number of esters is 1. The van der Waals surface area contributed by atoms with E-state index in [4.69, 9.17) is 4.74 Å². The first kappa shape index (κ1) is 16.1. The number of hydrogen-bond donors (Lipinski definition) is 1. The Labute approximate surface area is 118 Å². The van der Waals surface area contributed by atoms with E-state index in [9.17, 15) is 9.59 Å². The first-order valence-corrected chi connectivity index (χ1v) is 6.82. The lowest BCUT2D eigenvalue weighted by molar-refractivity contribution is -0.120. The smallest absolute Gasteiger partial charge is 0.360 e. The number of ether oxygens (including phenoxy) is 1. The predicted octanol–water partition coefficient (Wildman–Crippen LogP) is 1.10. The van der Waals surface area contributed by atoms with Gasteiger partial charge in [0.2, 0.25) is 5.91 Å². The molecule has 7 nitrogen and oxygen atoms in total. The lowest BCUT2D eigenvalue weighted by Gasteiger charge is -2.10. The molecule has 1 rings (SSSR count). The van der Waals surface area contributed by atoms with E-state index in [1.807, 2.05) is 13.8 Å². The molecule has 1 heterocycles. The van der Waals surface area contributed by atoms with Crippen LogP contribution in [-0.4, -0.2) is 40.5 Å². The molecule has 0 unspecified atom stereocenters. The number of hydrogen-bond acceptors (Lipinski definition) is 5. The maximum atomic E-state index is 11.8. The van der Waals surface area contributed by atoms with E-state index in [1.165, 1.54) is 0 Å². The second-order valence-corrected chi connectivity index (χ2v) is 4.70. The number of aromatic nitrogens is 3. The molecule has 0 aromatic carbocycles. The number of amides is 1. The van der Waals surface area contributed by atoms with Crippen molar-refractivity contribution in [2.24, 2.45) is 0 Å². The van der Waals surface area contributed by atoms with Gasteiger partial charge in [-0.2, -0.15) is 0 Å². The van der Waals surface area contributed by atoms with Gasteiger partial charge < -0.3 is 10.1 Å². The summed E-state index contributed by atoms with van der Waals surface area (Å²) in [5, 5.41) is 10.5. The molecule has 20 heavy (non-hydrogen) atoms. The minimum Gasteiger partial charge on any atom is -0.461 e. The zero-order chi connectivity index (χ0) is 15.1. The van der Waals surface area contributed by atoms with Crippen LogP contribution in [0.3, 0.4) is 0 Å². The summed E-state index contributed by atoms with van der Waals surface area (Å²) in [5.74, 6) is -0.361. The molecule has 1 aromatic heterocycles. The van der Waals surface area contributed by atoms with E-state index in [-0.39, 0.29) is 17.5 Å². The van der Waals surface area contributed by atoms with Gasteiger partial charge in [0, 0.05) is 20.0 Å². The van der Waals surface area contributed by atoms with Crippen molar-refractivity contribution in [2.45, 2.75) is 46.1 Å². The highest BCUT2D eigenvalue weighted by Crippen LogP contribution is 2.19. The number of aryl methyl sites for hydroxylation is 1. The number of carbonyl (C=O) groups is 2. The Morgan fingerprint density at radius 2 is 2.10 bits per heavy atom. The Morgan fingerprint density at radius 1 is 1.40 bits per heavy atom. The maximum Gasteiger partial charge on any atom is 0.360 e. The van der Waals surface area contributed by atoms with Gasteiger partial charge in [0.05, 0.1) is 12.3 Å². The Balaban J connectivity index is 2.81. The van der Waals surface area contributed by atoms with Gasteiger partial charge in [0.15, 0.2) is 5.69 Å². The lowest BCUT2D eigenvalue weighted by Crippen LogP contribution is -2.18. The number of nitrogens with zero attached hydrogens (tertiary/aromatic N) is 3. The van der Waals surface area contributed by atoms with Crippen molar-refractivity contribution in [3.05, 3.63) is 11.4 Å². The summed E-state index contributed by atoms with van der Waals surface area (Å²) < 4.78 is 6.65. The highest BCUT2D eigenvalue weighted by atomic mass is 16.5. The van der Waals surface area contributed by atoms with Gasteiger partial charge in [-0.05, 0) is 19.3 Å². The predicted molar refractivity (Wildman–Crippen MR) is 73.4 cm³/mol. The standard InChI is InChI=1S/C13H22N4O3/c1-5-20-13(19)11-12(9(2)3)17(16-15-11)8-6-7-10(18)14-4/h9H,5-8H2,1-4H3,(H,14,18). The Hall–Kier alpha value is -1.92. The zero-order valence-corrected chi connectivity index (χ0v) is 12.5. The molecule has 0 fully saturated rings. The molecule has 1 amide bonds. The van der Waals surface area contributed by atoms with E-state index in [1.54, 1.807) is 18.7 Å². The molecule has 0 radical (unpaired) electrons. The molecule has 112 valence electrons. The summed E-state index contributed by atoms with van der Waals surface area (Å²) in [4.78, 5) is 23.0. The largest absolute Gasteiger partial charge is 0.461 e. The highest BCUT2D eigenvalue weighted by Gasteiger charge is 2.22. The SMILES string of the molecule is CCOC(=O)c1nnn(CCCC(=O)NC)c1C(C)C. The van der Waals surface area contributed by atoms with Crippen molar-refractivity contribution >= 4 is 11.9 Å². The first-order chi connectivity index (χ1) is 9.51. The first-order valence-electron chi connectivity index (χ1n) is 6.82. The van der Waals surface area contributed by atoms with E-state index in [0.717, 1.165) is 5.69 Å². The summed E-state index contributed by atoms with van der Waals surface area (Å²) in [6.07, 6.45) is 1.06. The van der Waals surface area contributed by atoms with Gasteiger partial charge in [-0.1, -0.05) is 19.1 Å². The Morgan fingerprint density at radius 3 is 2.65 bits per heavy atom. The van der Waals surface area contributed by atoms with Crippen molar-refractivity contribution < 1.29 is 14.3 Å². The summed E-state index contributed by atoms with van der Waals surface area (Å²) >= 11 is 0. The molecule has 0 spiro atoms. The number of nitrogens with one attached hydrogen (secondary N) is 1. The van der Waals surface area contributed by atoms with Crippen LogP contribution in [0.25, 0.3) is 0 Å². The molecule has 0 saturated carbocycles. The topological polar surface area (TPSA) is 86.1 Å². The molecular formula is C13H22N4O3. The lowest BCUT2D eigenvalue weighted by atomic mass is 10.1. The molecule has 7 heteroatoms. The van der Waals surface area contributed by atoms with Crippen LogP contribution >= 0.6 is 0 Å². The molecule has 0 bridgehead atoms. The van der Waals surface area contributed by atoms with Gasteiger partial charge in [-0.3, -0.25) is 4.79 Å². The van der Waals surface area contributed by atoms with Crippen molar-refractivity contribution in [3.8, 4) is 0 Å². The number of carbonyl (C=O) groups excluding carboxylic acids is 2. The van der Waals surface area contributed by atoms with Crippen LogP contribution in [0.4, 0.5) is 0 Å². The Kier molecular flexibility index (Phi) is 6.14. The van der Waals surface area contributed by atoms with E-state index in [2.05, 4.69) is 15.6 Å². The molecule has 0 saturated heterocycles. The summed E-state index contributed by atoms with van der Waals surface area (Å²) in [6.45, 7) is 6.54. The van der Waals surface area contributed by atoms with Gasteiger partial charge in [-0.25, -0.2) is 9.48 Å². The number of rotatable bonds is 7. The average molecular weight is 282 g/mol. The van der Waals surface area contributed by atoms with Crippen LogP contribution in [-0.2, 0) is 16.1 Å². The monoisotopic (exact) mass is 282 g/mol. The normalized spacial score (nSPS) is 10.7. The summed E-state index contributed by atoms with van der Waals surface area (Å²) in [6, 6.07) is 0. The van der Waals surface area contributed by atoms with Crippen LogP contribution < -0.4 is 5.32 Å². The molecule has 1 N–H and O–H groups in total. The fourth-order valence-corrected chi connectivity index (χ4v) is 1.92. The van der Waals surface area contributed by atoms with Gasteiger partial charge >= 0.3 is 5.97 Å². The minimum atomic E-state index is -0.450. The van der Waals surface area contributed by atoms with Crippen LogP contribution in [0.1, 0.15) is 55.7 Å². The van der Waals surface area contributed by atoms with E-state index >= 15 is 0 Å². The van der Waals surface area contributed by atoms with Crippen molar-refractivity contribution in [1.29, 1.82) is 0 Å². The van der Waals surface area contributed by atoms with Crippen LogP contribution in [0.15, 0.2) is 0 Å². The third kappa shape index (κ3) is 4.04. The van der Waals surface area contributed by atoms with Gasteiger partial charge in [-0.15, -0.1) is 5.10 Å². The highest BCUT2D eigenvalue weighted by molar-refractivity contribution is 5.88. The second kappa shape index (κ2) is 7.62. The molecule has 0 aliphatic rings. The summed E-state index contributed by atoms with van der Waals surface area (Å²) in [7, 11) is 1.61. The van der Waals surface area contributed by atoms with Crippen molar-refractivity contribution in [3.63, 3.8) is 0 Å². The maximum absolute atomic E-state index is 11.8. The minimum absolute atomic E-state index is 0.0122. The molecular weight excluding hydrogens is 260 g/mol. The third-order valence-electron chi connectivity index (χ3n) is 2.84. The van der Waals surface area contributed by atoms with Crippen molar-refractivity contribution in [2.75, 3.05) is 13.7 Å². The molecule has 1 aromatic rings. The van der Waals surface area contributed by atoms with Crippen LogP contribution in [0.2, 0.25) is 0 Å². The fraction of sp³-hybridized carbons (Fsp3) is 0.692. The quantitative estimate of drug-likeness (QED) is 0.757. The fourth-order valence-electron chi connectivity index (χ4n) is 1.92. The average Bonchev–Trinajstić information content (AvgIpc) is 2.83. The zero-order valence-electron chi connectivity index (χ0n) is 12.5. The molecule has 0 aliphatic carbocycles. The van der Waals surface area contributed by atoms with Crippen LogP contribution in [0.5, 0.6) is 0 Å². The summed E-state index contributed by atoms with van der Waals surface area (Å²) in [5.41, 5.74) is 1.02. The third-order valence-corrected chi connectivity index (χ3v) is 2.84. The molecule has 0 atom stereocenters. The van der Waals surface area contributed by atoms with Crippen LogP contribution in [0, 0.1) is 0 Å². The van der Waals surface area contributed by atoms with E-state index in [0.29, 0.717) is 26.0 Å². The van der Waals surface area contributed by atoms with E-state index < -0.39 is 5.97 Å². The Bertz CT molecular complexity index is 468. The second-order valence-electron chi connectivity index (χ2n) is 4.70. The van der Waals surface area contributed by atoms with Crippen molar-refractivity contribution in [1.82, 2.24) is 20.3 Å². The molecule has 0 aliphatic heterocycles. The van der Waals surface area contributed by atoms with Gasteiger partial charge in [0.25, 0.3) is 0 Å².